The van der Waals surface area contributed by atoms with Crippen LogP contribution in [0.3, 0.4) is 0 Å². The van der Waals surface area contributed by atoms with Gasteiger partial charge in [-0.25, -0.2) is 10.9 Å². The van der Waals surface area contributed by atoms with E-state index in [9.17, 15) is 9.59 Å². The molecule has 0 heterocycles. The fourth-order valence-corrected chi connectivity index (χ4v) is 4.74. The fourth-order valence-electron chi connectivity index (χ4n) is 4.74. The monoisotopic (exact) mass is 458 g/mol. The van der Waals surface area contributed by atoms with Crippen LogP contribution in [0.2, 0.25) is 0 Å². The van der Waals surface area contributed by atoms with Crippen LogP contribution in [0.4, 0.5) is 0 Å². The second-order valence-electron chi connectivity index (χ2n) is 9.26. The Morgan fingerprint density at radius 2 is 1.09 bits per heavy atom. The first-order valence-electron chi connectivity index (χ1n) is 12.5. The van der Waals surface area contributed by atoms with E-state index in [4.69, 9.17) is 0 Å². The Hall–Kier alpha value is -3.28. The molecule has 4 rings (SSSR count). The first-order chi connectivity index (χ1) is 16.7. The molecule has 0 unspecified atom stereocenters. The number of amides is 2. The number of nitrogens with zero attached hydrogens (tertiary/aromatic N) is 2. The maximum atomic E-state index is 12.0. The van der Waals surface area contributed by atoms with E-state index < -0.39 is 0 Å². The van der Waals surface area contributed by atoms with Gasteiger partial charge < -0.3 is 0 Å². The summed E-state index contributed by atoms with van der Waals surface area (Å²) in [5, 5.41) is 8.16. The lowest BCUT2D eigenvalue weighted by molar-refractivity contribution is -0.122. The van der Waals surface area contributed by atoms with Crippen LogP contribution in [0.5, 0.6) is 0 Å². The molecule has 0 saturated heterocycles. The standard InChI is InChI=1S/C28H34N4O2/c33-27(31-29-19-21-13-15-23-7-5-9-25(23)17-21)11-3-1-2-4-12-28(34)32-30-20-22-14-16-24-8-6-10-26(24)18-22/h13-20H,1-12H2,(H,31,33)(H,32,34). The third-order valence-corrected chi connectivity index (χ3v) is 6.61. The van der Waals surface area contributed by atoms with E-state index in [1.165, 1.54) is 35.1 Å². The van der Waals surface area contributed by atoms with Crippen LogP contribution in [0.1, 0.15) is 84.7 Å². The topological polar surface area (TPSA) is 82.9 Å². The van der Waals surface area contributed by atoms with E-state index in [1.807, 2.05) is 12.1 Å². The summed E-state index contributed by atoms with van der Waals surface area (Å²) < 4.78 is 0. The largest absolute Gasteiger partial charge is 0.273 e. The maximum Gasteiger partial charge on any atom is 0.240 e. The summed E-state index contributed by atoms with van der Waals surface area (Å²) in [6, 6.07) is 12.7. The van der Waals surface area contributed by atoms with Gasteiger partial charge in [0.05, 0.1) is 12.4 Å². The van der Waals surface area contributed by atoms with Crippen molar-refractivity contribution >= 4 is 24.2 Å². The lowest BCUT2D eigenvalue weighted by Gasteiger charge is -2.03. The van der Waals surface area contributed by atoms with Crippen molar-refractivity contribution in [2.45, 2.75) is 77.0 Å². The zero-order valence-electron chi connectivity index (χ0n) is 19.8. The lowest BCUT2D eigenvalue weighted by Crippen LogP contribution is -2.17. The van der Waals surface area contributed by atoms with Crippen molar-refractivity contribution in [1.29, 1.82) is 0 Å². The number of nitrogens with one attached hydrogen (secondary N) is 2. The van der Waals surface area contributed by atoms with E-state index in [-0.39, 0.29) is 11.8 Å². The van der Waals surface area contributed by atoms with Crippen LogP contribution < -0.4 is 10.9 Å². The average Bonchev–Trinajstić information content (AvgIpc) is 3.50. The number of fused-ring (bicyclic) bond motifs is 2. The fraction of sp³-hybridized carbons (Fsp3) is 0.429. The van der Waals surface area contributed by atoms with E-state index in [2.05, 4.69) is 45.3 Å². The zero-order valence-corrected chi connectivity index (χ0v) is 19.8. The molecule has 178 valence electrons. The maximum absolute atomic E-state index is 12.0. The lowest BCUT2D eigenvalue weighted by atomic mass is 10.1. The van der Waals surface area contributed by atoms with Crippen LogP contribution in [-0.2, 0) is 35.3 Å². The Morgan fingerprint density at radius 3 is 1.56 bits per heavy atom. The Bertz CT molecular complexity index is 989. The Kier molecular flexibility index (Phi) is 8.60. The summed E-state index contributed by atoms with van der Waals surface area (Å²) in [5.41, 5.74) is 12.9. The van der Waals surface area contributed by atoms with Crippen LogP contribution in [0.25, 0.3) is 0 Å². The van der Waals surface area contributed by atoms with Gasteiger partial charge in [0, 0.05) is 12.8 Å². The first-order valence-corrected chi connectivity index (χ1v) is 12.5. The van der Waals surface area contributed by atoms with Gasteiger partial charge in [-0.15, -0.1) is 0 Å². The van der Waals surface area contributed by atoms with Crippen molar-refractivity contribution in [3.63, 3.8) is 0 Å². The summed E-state index contributed by atoms with van der Waals surface area (Å²) in [5.74, 6) is -0.146. The molecule has 0 aliphatic heterocycles. The summed E-state index contributed by atoms with van der Waals surface area (Å²) in [7, 11) is 0. The van der Waals surface area contributed by atoms with Crippen molar-refractivity contribution in [3.05, 3.63) is 69.8 Å². The van der Waals surface area contributed by atoms with E-state index in [0.29, 0.717) is 12.8 Å². The Morgan fingerprint density at radius 1 is 0.647 bits per heavy atom. The second kappa shape index (κ2) is 12.3. The number of rotatable bonds is 11. The first kappa shape index (κ1) is 23.9. The minimum absolute atomic E-state index is 0.0731. The number of hydrogen-bond acceptors (Lipinski definition) is 4. The van der Waals surface area contributed by atoms with Gasteiger partial charge in [-0.1, -0.05) is 37.1 Å². The van der Waals surface area contributed by atoms with Crippen LogP contribution >= 0.6 is 0 Å². The molecule has 0 saturated carbocycles. The number of carbonyl (C=O) groups excluding carboxylic acids is 2. The third kappa shape index (κ3) is 7.11. The highest BCUT2D eigenvalue weighted by atomic mass is 16.2. The molecule has 0 radical (unpaired) electrons. The predicted molar refractivity (Wildman–Crippen MR) is 136 cm³/mol. The van der Waals surface area contributed by atoms with Gasteiger partial charge in [-0.2, -0.15) is 10.2 Å². The smallest absolute Gasteiger partial charge is 0.240 e. The molecule has 6 nitrogen and oxygen atoms in total. The Labute approximate surface area is 201 Å². The molecular weight excluding hydrogens is 424 g/mol. The van der Waals surface area contributed by atoms with Gasteiger partial charge in [0.2, 0.25) is 11.8 Å². The number of benzene rings is 2. The quantitative estimate of drug-likeness (QED) is 0.293. The van der Waals surface area contributed by atoms with Crippen LogP contribution in [0, 0.1) is 0 Å². The molecule has 2 aromatic rings. The van der Waals surface area contributed by atoms with Gasteiger partial charge in [0.25, 0.3) is 0 Å². The van der Waals surface area contributed by atoms with Gasteiger partial charge >= 0.3 is 0 Å². The van der Waals surface area contributed by atoms with Crippen LogP contribution in [-0.4, -0.2) is 24.2 Å². The molecule has 0 atom stereocenters. The molecule has 2 aromatic carbocycles. The molecule has 0 aromatic heterocycles. The van der Waals surface area contributed by atoms with Gasteiger partial charge in [0.15, 0.2) is 0 Å². The average molecular weight is 459 g/mol. The summed E-state index contributed by atoms with van der Waals surface area (Å²) in [6.07, 6.45) is 14.7. The molecule has 2 amide bonds. The highest BCUT2D eigenvalue weighted by molar-refractivity contribution is 5.83. The van der Waals surface area contributed by atoms with Crippen molar-refractivity contribution in [1.82, 2.24) is 10.9 Å². The van der Waals surface area contributed by atoms with Crippen molar-refractivity contribution in [2.24, 2.45) is 10.2 Å². The van der Waals surface area contributed by atoms with Gasteiger partial charge in [-0.05, 0) is 96.9 Å². The number of aryl methyl sites for hydroxylation is 4. The second-order valence-corrected chi connectivity index (χ2v) is 9.26. The van der Waals surface area contributed by atoms with Crippen LogP contribution in [0.15, 0.2) is 46.6 Å². The Balaban J connectivity index is 1.03. The highest BCUT2D eigenvalue weighted by Gasteiger charge is 2.11. The number of hydrogen-bond donors (Lipinski definition) is 2. The van der Waals surface area contributed by atoms with Gasteiger partial charge in [-0.3, -0.25) is 9.59 Å². The predicted octanol–water partition coefficient (Wildman–Crippen LogP) is 4.61. The molecule has 0 fully saturated rings. The van der Waals surface area contributed by atoms with Crippen molar-refractivity contribution in [3.8, 4) is 0 Å². The minimum Gasteiger partial charge on any atom is -0.273 e. The number of hydrazone groups is 2. The minimum atomic E-state index is -0.0731. The normalized spacial score (nSPS) is 14.5. The molecule has 0 bridgehead atoms. The number of carbonyl (C=O) groups is 2. The van der Waals surface area contributed by atoms with E-state index in [0.717, 1.165) is 62.5 Å². The molecule has 0 spiro atoms. The molecule has 2 N–H and O–H groups in total. The SMILES string of the molecule is O=C(CCCCCCC(=O)NN=Cc1ccc2c(c1)CCC2)NN=Cc1ccc2c(c1)CCC2. The molecule has 2 aliphatic carbocycles. The summed E-state index contributed by atoms with van der Waals surface area (Å²) in [4.78, 5) is 23.9. The van der Waals surface area contributed by atoms with Crippen molar-refractivity contribution < 1.29 is 9.59 Å². The summed E-state index contributed by atoms with van der Waals surface area (Å²) in [6.45, 7) is 0. The van der Waals surface area contributed by atoms with Gasteiger partial charge in [0.1, 0.15) is 0 Å². The highest BCUT2D eigenvalue weighted by Crippen LogP contribution is 2.23. The molecular formula is C28H34N4O2. The molecule has 34 heavy (non-hydrogen) atoms. The summed E-state index contributed by atoms with van der Waals surface area (Å²) >= 11 is 0. The van der Waals surface area contributed by atoms with E-state index >= 15 is 0 Å². The molecule has 6 heteroatoms. The third-order valence-electron chi connectivity index (χ3n) is 6.61. The molecule has 2 aliphatic rings. The van der Waals surface area contributed by atoms with E-state index in [1.54, 1.807) is 12.4 Å². The number of unbranched alkanes of at least 4 members (excludes halogenated alkanes) is 3. The van der Waals surface area contributed by atoms with Crippen molar-refractivity contribution in [2.75, 3.05) is 0 Å². The zero-order chi connectivity index (χ0) is 23.6.